The predicted octanol–water partition coefficient (Wildman–Crippen LogP) is 3.78. The molecule has 142 valence electrons. The quantitative estimate of drug-likeness (QED) is 0.792. The largest absolute Gasteiger partial charge is 0.497 e. The summed E-state index contributed by atoms with van der Waals surface area (Å²) in [6.45, 7) is 2.00. The van der Waals surface area contributed by atoms with Crippen LogP contribution in [0.5, 0.6) is 5.75 Å². The molecule has 0 aliphatic heterocycles. The molecule has 5 heteroatoms. The zero-order valence-corrected chi connectivity index (χ0v) is 15.9. The average Bonchev–Trinajstić information content (AvgIpc) is 2.71. The van der Waals surface area contributed by atoms with E-state index in [1.165, 1.54) is 24.0 Å². The van der Waals surface area contributed by atoms with Crippen LogP contribution in [0.1, 0.15) is 48.9 Å². The lowest BCUT2D eigenvalue weighted by Gasteiger charge is -2.21. The Labute approximate surface area is 160 Å². The number of amides is 2. The van der Waals surface area contributed by atoms with E-state index in [1.807, 2.05) is 6.92 Å². The van der Waals surface area contributed by atoms with Gasteiger partial charge >= 0.3 is 11.8 Å². The van der Waals surface area contributed by atoms with E-state index >= 15 is 0 Å². The zero-order valence-electron chi connectivity index (χ0n) is 15.9. The molecule has 0 saturated heterocycles. The van der Waals surface area contributed by atoms with E-state index in [2.05, 4.69) is 28.8 Å². The Morgan fingerprint density at radius 3 is 2.56 bits per heavy atom. The molecule has 3 rings (SSSR count). The van der Waals surface area contributed by atoms with Crippen molar-refractivity contribution in [2.45, 2.75) is 45.1 Å². The first-order chi connectivity index (χ1) is 13.1. The maximum absolute atomic E-state index is 12.4. The Morgan fingerprint density at radius 2 is 1.81 bits per heavy atom. The smallest absolute Gasteiger partial charge is 0.313 e. The van der Waals surface area contributed by atoms with Crippen LogP contribution in [0.25, 0.3) is 0 Å². The number of anilines is 1. The van der Waals surface area contributed by atoms with Gasteiger partial charge in [0.15, 0.2) is 0 Å². The molecule has 2 aromatic carbocycles. The molecular formula is C22H26N2O3. The molecule has 1 aliphatic carbocycles. The number of ether oxygens (including phenoxy) is 1. The van der Waals surface area contributed by atoms with Gasteiger partial charge in [0, 0.05) is 11.8 Å². The summed E-state index contributed by atoms with van der Waals surface area (Å²) in [4.78, 5) is 24.6. The minimum Gasteiger partial charge on any atom is -0.497 e. The highest BCUT2D eigenvalue weighted by atomic mass is 16.5. The van der Waals surface area contributed by atoms with Gasteiger partial charge in [0.05, 0.1) is 13.2 Å². The number of hydrogen-bond donors (Lipinski definition) is 2. The molecule has 1 unspecified atom stereocenters. The van der Waals surface area contributed by atoms with Crippen molar-refractivity contribution < 1.29 is 14.3 Å². The normalized spacial score (nSPS) is 14.0. The predicted molar refractivity (Wildman–Crippen MR) is 106 cm³/mol. The second-order valence-corrected chi connectivity index (χ2v) is 6.86. The standard InChI is InChI=1S/C22H26N2O3/c1-3-20(17-12-11-15-7-4-5-8-16(15)13-17)24-22(26)21(25)23-18-9-6-10-19(14-18)27-2/h6,9-14,20H,3-5,7-8H2,1-2H3,(H,23,25)(H,24,26). The molecule has 0 bridgehead atoms. The lowest BCUT2D eigenvalue weighted by molar-refractivity contribution is -0.136. The van der Waals surface area contributed by atoms with Gasteiger partial charge in [-0.1, -0.05) is 31.2 Å². The number of fused-ring (bicyclic) bond motifs is 1. The molecule has 0 fully saturated rings. The average molecular weight is 366 g/mol. The third-order valence-electron chi connectivity index (χ3n) is 5.02. The summed E-state index contributed by atoms with van der Waals surface area (Å²) in [5.41, 5.74) is 4.35. The number of carbonyl (C=O) groups excluding carboxylic acids is 2. The number of carbonyl (C=O) groups is 2. The zero-order chi connectivity index (χ0) is 19.2. The molecule has 2 N–H and O–H groups in total. The van der Waals surface area contributed by atoms with Crippen molar-refractivity contribution in [3.63, 3.8) is 0 Å². The molecule has 0 aromatic heterocycles. The van der Waals surface area contributed by atoms with Gasteiger partial charge in [-0.3, -0.25) is 9.59 Å². The van der Waals surface area contributed by atoms with E-state index in [9.17, 15) is 9.59 Å². The van der Waals surface area contributed by atoms with Gasteiger partial charge in [0.1, 0.15) is 5.75 Å². The van der Waals surface area contributed by atoms with Gasteiger partial charge < -0.3 is 15.4 Å². The Kier molecular flexibility index (Phi) is 6.12. The lowest BCUT2D eigenvalue weighted by Crippen LogP contribution is -2.37. The third-order valence-corrected chi connectivity index (χ3v) is 5.02. The Bertz CT molecular complexity index is 832. The summed E-state index contributed by atoms with van der Waals surface area (Å²) in [6, 6.07) is 13.2. The molecule has 5 nitrogen and oxygen atoms in total. The van der Waals surface area contributed by atoms with Crippen molar-refractivity contribution in [3.8, 4) is 5.75 Å². The van der Waals surface area contributed by atoms with Gasteiger partial charge in [-0.25, -0.2) is 0 Å². The molecule has 0 spiro atoms. The van der Waals surface area contributed by atoms with Gasteiger partial charge in [-0.2, -0.15) is 0 Å². The highest BCUT2D eigenvalue weighted by molar-refractivity contribution is 6.39. The number of rotatable bonds is 5. The molecule has 0 heterocycles. The fourth-order valence-corrected chi connectivity index (χ4v) is 3.50. The molecule has 27 heavy (non-hydrogen) atoms. The van der Waals surface area contributed by atoms with Crippen molar-refractivity contribution in [2.75, 3.05) is 12.4 Å². The number of hydrogen-bond acceptors (Lipinski definition) is 3. The minimum absolute atomic E-state index is 0.180. The second kappa shape index (κ2) is 8.71. The van der Waals surface area contributed by atoms with Crippen molar-refractivity contribution in [2.24, 2.45) is 0 Å². The monoisotopic (exact) mass is 366 g/mol. The minimum atomic E-state index is -0.681. The van der Waals surface area contributed by atoms with Crippen LogP contribution in [-0.2, 0) is 22.4 Å². The molecule has 2 aromatic rings. The van der Waals surface area contributed by atoms with Crippen LogP contribution in [0.15, 0.2) is 42.5 Å². The lowest BCUT2D eigenvalue weighted by atomic mass is 9.89. The van der Waals surface area contributed by atoms with E-state index < -0.39 is 11.8 Å². The van der Waals surface area contributed by atoms with Crippen LogP contribution in [0.4, 0.5) is 5.69 Å². The van der Waals surface area contributed by atoms with E-state index in [-0.39, 0.29) is 6.04 Å². The summed E-state index contributed by atoms with van der Waals surface area (Å²) in [5.74, 6) is -0.698. The van der Waals surface area contributed by atoms with Crippen molar-refractivity contribution >= 4 is 17.5 Å². The van der Waals surface area contributed by atoms with E-state index in [1.54, 1.807) is 31.4 Å². The van der Waals surface area contributed by atoms with Gasteiger partial charge in [-0.05, 0) is 60.9 Å². The number of nitrogens with one attached hydrogen (secondary N) is 2. The van der Waals surface area contributed by atoms with Crippen LogP contribution in [0.2, 0.25) is 0 Å². The van der Waals surface area contributed by atoms with Gasteiger partial charge in [0.2, 0.25) is 0 Å². The molecule has 1 aliphatic rings. The first-order valence-electron chi connectivity index (χ1n) is 9.48. The van der Waals surface area contributed by atoms with Crippen LogP contribution in [-0.4, -0.2) is 18.9 Å². The van der Waals surface area contributed by atoms with Crippen LogP contribution >= 0.6 is 0 Å². The summed E-state index contributed by atoms with van der Waals surface area (Å²) in [6.07, 6.45) is 5.38. The maximum Gasteiger partial charge on any atom is 0.313 e. The fraction of sp³-hybridized carbons (Fsp3) is 0.364. The Morgan fingerprint density at radius 1 is 1.04 bits per heavy atom. The summed E-state index contributed by atoms with van der Waals surface area (Å²) < 4.78 is 5.13. The number of benzene rings is 2. The van der Waals surface area contributed by atoms with Crippen LogP contribution in [0, 0.1) is 0 Å². The van der Waals surface area contributed by atoms with Crippen molar-refractivity contribution in [1.82, 2.24) is 5.32 Å². The first-order valence-corrected chi connectivity index (χ1v) is 9.48. The topological polar surface area (TPSA) is 67.4 Å². The van der Waals surface area contributed by atoms with Gasteiger partial charge in [0.25, 0.3) is 0 Å². The molecule has 1 atom stereocenters. The van der Waals surface area contributed by atoms with E-state index in [4.69, 9.17) is 4.74 Å². The molecular weight excluding hydrogens is 340 g/mol. The SMILES string of the molecule is CCC(NC(=O)C(=O)Nc1cccc(OC)c1)c1ccc2c(c1)CCCC2. The maximum atomic E-state index is 12.4. The van der Waals surface area contributed by atoms with Gasteiger partial charge in [-0.15, -0.1) is 0 Å². The Balaban J connectivity index is 1.66. The summed E-state index contributed by atoms with van der Waals surface area (Å²) in [5, 5.41) is 5.47. The second-order valence-electron chi connectivity index (χ2n) is 6.86. The van der Waals surface area contributed by atoms with E-state index in [0.29, 0.717) is 11.4 Å². The summed E-state index contributed by atoms with van der Waals surface area (Å²) >= 11 is 0. The van der Waals surface area contributed by atoms with E-state index in [0.717, 1.165) is 24.8 Å². The first kappa shape index (κ1) is 19.0. The molecule has 2 amide bonds. The number of methoxy groups -OCH3 is 1. The van der Waals surface area contributed by atoms with Crippen LogP contribution in [0.3, 0.4) is 0 Å². The summed E-state index contributed by atoms with van der Waals surface area (Å²) in [7, 11) is 1.55. The van der Waals surface area contributed by atoms with Crippen molar-refractivity contribution in [1.29, 1.82) is 0 Å². The number of aryl methyl sites for hydroxylation is 2. The highest BCUT2D eigenvalue weighted by Gasteiger charge is 2.20. The molecule has 0 saturated carbocycles. The molecule has 0 radical (unpaired) electrons. The van der Waals surface area contributed by atoms with Crippen molar-refractivity contribution in [3.05, 3.63) is 59.2 Å². The Hall–Kier alpha value is -2.82. The third kappa shape index (κ3) is 4.67. The fourth-order valence-electron chi connectivity index (χ4n) is 3.50. The highest BCUT2D eigenvalue weighted by Crippen LogP contribution is 2.26. The van der Waals surface area contributed by atoms with Crippen LogP contribution < -0.4 is 15.4 Å².